The van der Waals surface area contributed by atoms with Crippen molar-refractivity contribution >= 4 is 60.3 Å². The van der Waals surface area contributed by atoms with Crippen molar-refractivity contribution in [1.82, 2.24) is 10.3 Å². The summed E-state index contributed by atoms with van der Waals surface area (Å²) in [5.74, 6) is -0.157. The van der Waals surface area contributed by atoms with E-state index in [0.29, 0.717) is 17.1 Å². The van der Waals surface area contributed by atoms with Crippen LogP contribution in [0.25, 0.3) is 10.1 Å². The number of carbonyl (C=O) groups excluding carboxylic acids is 1. The standard InChI is InChI=1S/C14H12BrN3OS2/c1-7-18-9(6-20-7)5-17-14(19)13-12(16)10-3-2-8(15)4-11(10)21-13/h2-4,6H,5,16H2,1H3,(H,17,19). The minimum atomic E-state index is -0.157. The maximum Gasteiger partial charge on any atom is 0.263 e. The minimum Gasteiger partial charge on any atom is -0.397 e. The largest absolute Gasteiger partial charge is 0.397 e. The van der Waals surface area contributed by atoms with Crippen molar-refractivity contribution in [3.05, 3.63) is 43.6 Å². The minimum absolute atomic E-state index is 0.157. The Labute approximate surface area is 138 Å². The van der Waals surface area contributed by atoms with Crippen LogP contribution in [0.4, 0.5) is 5.69 Å². The van der Waals surface area contributed by atoms with Crippen LogP contribution in [0.5, 0.6) is 0 Å². The van der Waals surface area contributed by atoms with Gasteiger partial charge in [0.1, 0.15) is 4.88 Å². The molecule has 1 amide bonds. The molecule has 1 aromatic carbocycles. The topological polar surface area (TPSA) is 68.0 Å². The van der Waals surface area contributed by atoms with Gasteiger partial charge in [0.2, 0.25) is 0 Å². The summed E-state index contributed by atoms with van der Waals surface area (Å²) in [4.78, 5) is 17.2. The van der Waals surface area contributed by atoms with Gasteiger partial charge in [-0.3, -0.25) is 4.79 Å². The summed E-state index contributed by atoms with van der Waals surface area (Å²) in [5.41, 5.74) is 7.49. The predicted molar refractivity (Wildman–Crippen MR) is 92.0 cm³/mol. The number of aromatic nitrogens is 1. The van der Waals surface area contributed by atoms with Gasteiger partial charge in [-0.15, -0.1) is 22.7 Å². The summed E-state index contributed by atoms with van der Waals surface area (Å²) < 4.78 is 1.97. The number of benzene rings is 1. The van der Waals surface area contributed by atoms with Crippen molar-refractivity contribution in [1.29, 1.82) is 0 Å². The molecule has 0 unspecified atom stereocenters. The van der Waals surface area contributed by atoms with E-state index in [-0.39, 0.29) is 5.91 Å². The molecule has 0 bridgehead atoms. The van der Waals surface area contributed by atoms with Crippen LogP contribution >= 0.6 is 38.6 Å². The zero-order chi connectivity index (χ0) is 15.0. The fraction of sp³-hybridized carbons (Fsp3) is 0.143. The number of thiophene rings is 1. The summed E-state index contributed by atoms with van der Waals surface area (Å²) in [6, 6.07) is 5.81. The Bertz CT molecular complexity index is 825. The van der Waals surface area contributed by atoms with Gasteiger partial charge in [0.25, 0.3) is 5.91 Å². The Morgan fingerprint density at radius 2 is 2.29 bits per heavy atom. The van der Waals surface area contributed by atoms with E-state index < -0.39 is 0 Å². The van der Waals surface area contributed by atoms with Gasteiger partial charge in [-0.25, -0.2) is 4.98 Å². The van der Waals surface area contributed by atoms with Gasteiger partial charge in [0.15, 0.2) is 0 Å². The highest BCUT2D eigenvalue weighted by molar-refractivity contribution is 9.10. The lowest BCUT2D eigenvalue weighted by atomic mass is 10.2. The van der Waals surface area contributed by atoms with Crippen molar-refractivity contribution in [2.24, 2.45) is 0 Å². The lowest BCUT2D eigenvalue weighted by Gasteiger charge is -2.02. The van der Waals surface area contributed by atoms with Gasteiger partial charge in [-0.1, -0.05) is 22.0 Å². The summed E-state index contributed by atoms with van der Waals surface area (Å²) in [5, 5.41) is 6.72. The van der Waals surface area contributed by atoms with Crippen molar-refractivity contribution in [3.63, 3.8) is 0 Å². The van der Waals surface area contributed by atoms with Crippen LogP contribution < -0.4 is 11.1 Å². The van der Waals surface area contributed by atoms with E-state index in [1.54, 1.807) is 11.3 Å². The lowest BCUT2D eigenvalue weighted by molar-refractivity contribution is 0.0955. The Hall–Kier alpha value is -1.44. The average Bonchev–Trinajstić information content (AvgIpc) is 3.00. The van der Waals surface area contributed by atoms with Crippen LogP contribution in [0.1, 0.15) is 20.4 Å². The lowest BCUT2D eigenvalue weighted by Crippen LogP contribution is -2.22. The van der Waals surface area contributed by atoms with E-state index in [9.17, 15) is 4.79 Å². The van der Waals surface area contributed by atoms with Crippen molar-refractivity contribution in [3.8, 4) is 0 Å². The number of thiazole rings is 1. The maximum atomic E-state index is 12.3. The maximum absolute atomic E-state index is 12.3. The molecule has 0 spiro atoms. The molecule has 108 valence electrons. The highest BCUT2D eigenvalue weighted by atomic mass is 79.9. The molecular formula is C14H12BrN3OS2. The number of carbonyl (C=O) groups is 1. The van der Waals surface area contributed by atoms with Crippen molar-refractivity contribution < 1.29 is 4.79 Å². The third kappa shape index (κ3) is 2.95. The molecule has 0 saturated heterocycles. The van der Waals surface area contributed by atoms with E-state index in [1.807, 2.05) is 30.5 Å². The average molecular weight is 382 g/mol. The third-order valence-corrected chi connectivity index (χ3v) is 5.48. The van der Waals surface area contributed by atoms with E-state index in [1.165, 1.54) is 11.3 Å². The molecule has 0 fully saturated rings. The molecule has 3 aromatic rings. The normalized spacial score (nSPS) is 11.0. The first-order valence-electron chi connectivity index (χ1n) is 6.21. The number of amides is 1. The second-order valence-electron chi connectivity index (χ2n) is 4.53. The van der Waals surface area contributed by atoms with Gasteiger partial charge in [0.05, 0.1) is 22.9 Å². The molecule has 7 heteroatoms. The number of hydrogen-bond acceptors (Lipinski definition) is 5. The molecule has 0 aliphatic heterocycles. The van der Waals surface area contributed by atoms with Crippen LogP contribution in [-0.4, -0.2) is 10.9 Å². The van der Waals surface area contributed by atoms with Crippen LogP contribution in [0.3, 0.4) is 0 Å². The van der Waals surface area contributed by atoms with Crippen LogP contribution in [0.2, 0.25) is 0 Å². The van der Waals surface area contributed by atoms with Crippen LogP contribution in [0.15, 0.2) is 28.1 Å². The van der Waals surface area contributed by atoms with Gasteiger partial charge >= 0.3 is 0 Å². The Kier molecular flexibility index (Phi) is 3.97. The summed E-state index contributed by atoms with van der Waals surface area (Å²) >= 11 is 6.40. The number of nitrogens with two attached hydrogens (primary N) is 1. The predicted octanol–water partition coefficient (Wildman–Crippen LogP) is 3.94. The monoisotopic (exact) mass is 381 g/mol. The number of halogens is 1. The highest BCUT2D eigenvalue weighted by Gasteiger charge is 2.16. The first-order chi connectivity index (χ1) is 10.0. The third-order valence-electron chi connectivity index (χ3n) is 2.99. The molecular weight excluding hydrogens is 370 g/mol. The molecule has 21 heavy (non-hydrogen) atoms. The molecule has 0 saturated carbocycles. The Morgan fingerprint density at radius 3 is 3.00 bits per heavy atom. The first kappa shape index (κ1) is 14.5. The molecule has 3 rings (SSSR count). The number of nitrogens with zero attached hydrogens (tertiary/aromatic N) is 1. The molecule has 0 radical (unpaired) electrons. The number of hydrogen-bond donors (Lipinski definition) is 2. The molecule has 3 N–H and O–H groups in total. The summed E-state index contributed by atoms with van der Waals surface area (Å²) in [7, 11) is 0. The fourth-order valence-corrected chi connectivity index (χ4v) is 4.20. The van der Waals surface area contributed by atoms with E-state index in [2.05, 4.69) is 26.2 Å². The second kappa shape index (κ2) is 5.75. The van der Waals surface area contributed by atoms with Gasteiger partial charge < -0.3 is 11.1 Å². The highest BCUT2D eigenvalue weighted by Crippen LogP contribution is 2.35. The number of nitrogen functional groups attached to an aromatic ring is 1. The SMILES string of the molecule is Cc1nc(CNC(=O)c2sc3cc(Br)ccc3c2N)cs1. The summed E-state index contributed by atoms with van der Waals surface area (Å²) in [6.45, 7) is 2.36. The molecule has 4 nitrogen and oxygen atoms in total. The Balaban J connectivity index is 1.82. The fourth-order valence-electron chi connectivity index (χ4n) is 2.00. The van der Waals surface area contributed by atoms with Crippen molar-refractivity contribution in [2.75, 3.05) is 5.73 Å². The number of rotatable bonds is 3. The van der Waals surface area contributed by atoms with Crippen molar-refractivity contribution in [2.45, 2.75) is 13.5 Å². The van der Waals surface area contributed by atoms with Gasteiger partial charge in [-0.2, -0.15) is 0 Å². The molecule has 0 aliphatic rings. The zero-order valence-electron chi connectivity index (χ0n) is 11.1. The quantitative estimate of drug-likeness (QED) is 0.721. The van der Waals surface area contributed by atoms with E-state index in [0.717, 1.165) is 25.3 Å². The van der Waals surface area contributed by atoms with E-state index in [4.69, 9.17) is 5.73 Å². The number of fused-ring (bicyclic) bond motifs is 1. The molecule has 0 atom stereocenters. The number of aryl methyl sites for hydroxylation is 1. The van der Waals surface area contributed by atoms with Crippen LogP contribution in [0, 0.1) is 6.92 Å². The Morgan fingerprint density at radius 1 is 1.48 bits per heavy atom. The zero-order valence-corrected chi connectivity index (χ0v) is 14.4. The smallest absolute Gasteiger partial charge is 0.263 e. The van der Waals surface area contributed by atoms with E-state index >= 15 is 0 Å². The number of nitrogens with one attached hydrogen (secondary N) is 1. The van der Waals surface area contributed by atoms with Crippen LogP contribution in [-0.2, 0) is 6.54 Å². The second-order valence-corrected chi connectivity index (χ2v) is 7.56. The number of anilines is 1. The van der Waals surface area contributed by atoms with Gasteiger partial charge in [0, 0.05) is 19.9 Å². The molecule has 2 heterocycles. The first-order valence-corrected chi connectivity index (χ1v) is 8.70. The summed E-state index contributed by atoms with van der Waals surface area (Å²) in [6.07, 6.45) is 0. The van der Waals surface area contributed by atoms with Gasteiger partial charge in [-0.05, 0) is 19.1 Å². The molecule has 2 aromatic heterocycles. The molecule has 0 aliphatic carbocycles.